The zero-order chi connectivity index (χ0) is 13.2. The van der Waals surface area contributed by atoms with Crippen LogP contribution < -0.4 is 0 Å². The van der Waals surface area contributed by atoms with Gasteiger partial charge in [0.15, 0.2) is 6.10 Å². The Morgan fingerprint density at radius 2 is 1.94 bits per heavy atom. The van der Waals surface area contributed by atoms with Crippen molar-refractivity contribution >= 4 is 5.97 Å². The van der Waals surface area contributed by atoms with Crippen LogP contribution in [0.3, 0.4) is 0 Å². The number of rotatable bonds is 9. The summed E-state index contributed by atoms with van der Waals surface area (Å²) >= 11 is 0. The second-order valence-electron chi connectivity index (χ2n) is 3.97. The third-order valence-electron chi connectivity index (χ3n) is 2.48. The maximum atomic E-state index is 11.1. The zero-order valence-electron chi connectivity index (χ0n) is 10.7. The van der Waals surface area contributed by atoms with Gasteiger partial charge in [-0.05, 0) is 12.0 Å². The summed E-state index contributed by atoms with van der Waals surface area (Å²) in [5, 5.41) is 9.10. The number of hydrogen-bond donors (Lipinski definition) is 1. The summed E-state index contributed by atoms with van der Waals surface area (Å²) < 4.78 is 10.7. The van der Waals surface area contributed by atoms with Gasteiger partial charge in [0.1, 0.15) is 0 Å². The van der Waals surface area contributed by atoms with Crippen molar-refractivity contribution in [3.05, 3.63) is 35.9 Å². The van der Waals surface area contributed by atoms with Crippen molar-refractivity contribution in [3.8, 4) is 0 Å². The van der Waals surface area contributed by atoms with E-state index in [9.17, 15) is 4.79 Å². The van der Waals surface area contributed by atoms with Gasteiger partial charge in [-0.3, -0.25) is 0 Å². The van der Waals surface area contributed by atoms with Crippen LogP contribution in [0.15, 0.2) is 30.3 Å². The van der Waals surface area contributed by atoms with Crippen LogP contribution in [0.4, 0.5) is 0 Å². The van der Waals surface area contributed by atoms with E-state index >= 15 is 0 Å². The maximum Gasteiger partial charge on any atom is 0.337 e. The molecule has 0 aliphatic heterocycles. The molecule has 100 valence electrons. The van der Waals surface area contributed by atoms with E-state index in [0.717, 1.165) is 12.8 Å². The molecule has 0 saturated heterocycles. The van der Waals surface area contributed by atoms with Gasteiger partial charge in [0.2, 0.25) is 0 Å². The standard InChI is InChI=1S/C14H20O4/c1-2-3-9-17-10-11-18-13(14(15)16)12-7-5-4-6-8-12/h4-8,13H,2-3,9-11H2,1H3,(H,15,16). The molecular formula is C14H20O4. The average molecular weight is 252 g/mol. The monoisotopic (exact) mass is 252 g/mol. The Morgan fingerprint density at radius 1 is 1.22 bits per heavy atom. The lowest BCUT2D eigenvalue weighted by molar-refractivity contribution is -0.151. The topological polar surface area (TPSA) is 55.8 Å². The van der Waals surface area contributed by atoms with E-state index in [2.05, 4.69) is 6.92 Å². The SMILES string of the molecule is CCCCOCCOC(C(=O)O)c1ccccc1. The van der Waals surface area contributed by atoms with Crippen molar-refractivity contribution < 1.29 is 19.4 Å². The normalized spacial score (nSPS) is 12.3. The average Bonchev–Trinajstić information content (AvgIpc) is 2.38. The van der Waals surface area contributed by atoms with Crippen LogP contribution in [-0.2, 0) is 14.3 Å². The molecule has 1 aromatic carbocycles. The van der Waals surface area contributed by atoms with Gasteiger partial charge in [-0.15, -0.1) is 0 Å². The number of ether oxygens (including phenoxy) is 2. The van der Waals surface area contributed by atoms with Gasteiger partial charge in [-0.1, -0.05) is 43.7 Å². The largest absolute Gasteiger partial charge is 0.479 e. The fourth-order valence-corrected chi connectivity index (χ4v) is 1.51. The summed E-state index contributed by atoms with van der Waals surface area (Å²) in [5.74, 6) is -0.977. The Balaban J connectivity index is 2.34. The molecule has 0 saturated carbocycles. The van der Waals surface area contributed by atoms with E-state index in [0.29, 0.717) is 18.8 Å². The molecule has 0 amide bonds. The Kier molecular flexibility index (Phi) is 7.06. The van der Waals surface area contributed by atoms with Crippen LogP contribution in [0.2, 0.25) is 0 Å². The first-order chi connectivity index (χ1) is 8.75. The van der Waals surface area contributed by atoms with Crippen molar-refractivity contribution in [1.29, 1.82) is 0 Å². The molecule has 1 atom stereocenters. The molecule has 1 aromatic rings. The van der Waals surface area contributed by atoms with E-state index in [4.69, 9.17) is 14.6 Å². The first kappa shape index (κ1) is 14.7. The highest BCUT2D eigenvalue weighted by Gasteiger charge is 2.19. The van der Waals surface area contributed by atoms with Crippen LogP contribution in [0.5, 0.6) is 0 Å². The summed E-state index contributed by atoms with van der Waals surface area (Å²) in [7, 11) is 0. The zero-order valence-corrected chi connectivity index (χ0v) is 10.7. The van der Waals surface area contributed by atoms with Gasteiger partial charge in [-0.2, -0.15) is 0 Å². The van der Waals surface area contributed by atoms with Crippen molar-refractivity contribution in [3.63, 3.8) is 0 Å². The summed E-state index contributed by atoms with van der Waals surface area (Å²) in [6, 6.07) is 8.93. The van der Waals surface area contributed by atoms with E-state index in [1.807, 2.05) is 6.07 Å². The third-order valence-corrected chi connectivity index (χ3v) is 2.48. The van der Waals surface area contributed by atoms with Gasteiger partial charge in [0, 0.05) is 6.61 Å². The molecular weight excluding hydrogens is 232 g/mol. The number of carboxylic acids is 1. The lowest BCUT2D eigenvalue weighted by Crippen LogP contribution is -2.18. The first-order valence-electron chi connectivity index (χ1n) is 6.22. The van der Waals surface area contributed by atoms with Crippen molar-refractivity contribution in [2.75, 3.05) is 19.8 Å². The molecule has 1 rings (SSSR count). The Bertz CT molecular complexity index is 337. The van der Waals surface area contributed by atoms with E-state index in [1.165, 1.54) is 0 Å². The Morgan fingerprint density at radius 3 is 2.56 bits per heavy atom. The summed E-state index contributed by atoms with van der Waals surface area (Å²) in [5.41, 5.74) is 0.651. The molecule has 0 fully saturated rings. The number of unbranched alkanes of at least 4 members (excludes halogenated alkanes) is 1. The fourth-order valence-electron chi connectivity index (χ4n) is 1.51. The molecule has 0 aliphatic rings. The smallest absolute Gasteiger partial charge is 0.337 e. The lowest BCUT2D eigenvalue weighted by atomic mass is 10.1. The van der Waals surface area contributed by atoms with Crippen LogP contribution >= 0.6 is 0 Å². The summed E-state index contributed by atoms with van der Waals surface area (Å²) in [6.45, 7) is 3.50. The van der Waals surface area contributed by atoms with Crippen LogP contribution in [0, 0.1) is 0 Å². The Labute approximate surface area is 108 Å². The maximum absolute atomic E-state index is 11.1. The number of aliphatic carboxylic acids is 1. The van der Waals surface area contributed by atoms with E-state index in [-0.39, 0.29) is 6.61 Å². The first-order valence-corrected chi connectivity index (χ1v) is 6.22. The quantitative estimate of drug-likeness (QED) is 0.686. The van der Waals surface area contributed by atoms with Crippen molar-refractivity contribution in [2.24, 2.45) is 0 Å². The summed E-state index contributed by atoms with van der Waals surface area (Å²) in [4.78, 5) is 11.1. The van der Waals surface area contributed by atoms with Gasteiger partial charge >= 0.3 is 5.97 Å². The number of benzene rings is 1. The molecule has 18 heavy (non-hydrogen) atoms. The van der Waals surface area contributed by atoms with Gasteiger partial charge in [-0.25, -0.2) is 4.79 Å². The molecule has 4 nitrogen and oxygen atoms in total. The van der Waals surface area contributed by atoms with Gasteiger partial charge < -0.3 is 14.6 Å². The molecule has 0 heterocycles. The molecule has 1 N–H and O–H groups in total. The van der Waals surface area contributed by atoms with Crippen molar-refractivity contribution in [2.45, 2.75) is 25.9 Å². The minimum absolute atomic E-state index is 0.287. The molecule has 0 radical (unpaired) electrons. The molecule has 1 unspecified atom stereocenters. The number of hydrogen-bond acceptors (Lipinski definition) is 3. The molecule has 0 aromatic heterocycles. The second-order valence-corrected chi connectivity index (χ2v) is 3.97. The third kappa shape index (κ3) is 5.29. The van der Waals surface area contributed by atoms with Crippen LogP contribution in [0.1, 0.15) is 31.4 Å². The van der Waals surface area contributed by atoms with Gasteiger partial charge in [0.25, 0.3) is 0 Å². The lowest BCUT2D eigenvalue weighted by Gasteiger charge is -2.14. The minimum atomic E-state index is -0.977. The fraction of sp³-hybridized carbons (Fsp3) is 0.500. The highest BCUT2D eigenvalue weighted by molar-refractivity contribution is 5.74. The number of carboxylic acid groups (broad SMARTS) is 1. The molecule has 0 bridgehead atoms. The van der Waals surface area contributed by atoms with E-state index < -0.39 is 12.1 Å². The van der Waals surface area contributed by atoms with E-state index in [1.54, 1.807) is 24.3 Å². The summed E-state index contributed by atoms with van der Waals surface area (Å²) in [6.07, 6.45) is 1.19. The highest BCUT2D eigenvalue weighted by atomic mass is 16.5. The van der Waals surface area contributed by atoms with Gasteiger partial charge in [0.05, 0.1) is 13.2 Å². The molecule has 4 heteroatoms. The number of carbonyl (C=O) groups is 1. The highest BCUT2D eigenvalue weighted by Crippen LogP contribution is 2.16. The van der Waals surface area contributed by atoms with Crippen LogP contribution in [0.25, 0.3) is 0 Å². The predicted molar refractivity (Wildman–Crippen MR) is 68.5 cm³/mol. The van der Waals surface area contributed by atoms with Crippen LogP contribution in [-0.4, -0.2) is 30.9 Å². The molecule has 0 spiro atoms. The minimum Gasteiger partial charge on any atom is -0.479 e. The Hall–Kier alpha value is -1.39. The predicted octanol–water partition coefficient (Wildman–Crippen LogP) is 2.65. The second kappa shape index (κ2) is 8.66. The molecule has 0 aliphatic carbocycles. The van der Waals surface area contributed by atoms with Crippen molar-refractivity contribution in [1.82, 2.24) is 0 Å².